The molecule has 0 spiro atoms. The van der Waals surface area contributed by atoms with E-state index in [2.05, 4.69) is 117 Å². The maximum absolute atomic E-state index is 8.00. The largest absolute Gasteiger partial charge is 1.00 e. The van der Waals surface area contributed by atoms with Crippen LogP contribution >= 0.6 is 67.5 Å². The summed E-state index contributed by atoms with van der Waals surface area (Å²) in [6.07, 6.45) is 0. The summed E-state index contributed by atoms with van der Waals surface area (Å²) in [6, 6.07) is 43.4. The van der Waals surface area contributed by atoms with Crippen molar-refractivity contribution in [3.63, 3.8) is 0 Å². The van der Waals surface area contributed by atoms with Crippen molar-refractivity contribution in [3.8, 4) is 22.3 Å². The summed E-state index contributed by atoms with van der Waals surface area (Å²) >= 11 is 19.4. The number of nitrogens with two attached hydrogens (primary N) is 1. The Morgan fingerprint density at radius 2 is 0.935 bits per heavy atom. The molecule has 10 heteroatoms. The van der Waals surface area contributed by atoms with Crippen LogP contribution in [0, 0.1) is 10.1 Å². The fourth-order valence-corrected chi connectivity index (χ4v) is 6.30. The second-order valence-corrected chi connectivity index (χ2v) is 12.3. The van der Waals surface area contributed by atoms with Crippen LogP contribution in [0.15, 0.2) is 142 Å². The van der Waals surface area contributed by atoms with Gasteiger partial charge < -0.3 is 15.8 Å². The number of fused-ring (bicyclic) bond motifs is 6. The van der Waals surface area contributed by atoms with E-state index in [4.69, 9.17) is 39.0 Å². The fraction of sp³-hybridized carbons (Fsp3) is 0. The van der Waals surface area contributed by atoms with Crippen molar-refractivity contribution in [2.45, 2.75) is 0 Å². The summed E-state index contributed by atoms with van der Waals surface area (Å²) in [5.74, 6) is 0. The standard InChI is InChI=1S/C18H13BrClN.C18H10BrCl.ClH.HNO2.Na/c19-16-10-15(18(21)11-17(16)20)14-9-5-4-8-13(14)12-6-2-1-3-7-12;19-17-9-15-13-7-3-1-5-11(13)12-6-2-4-8-14(12)16(15)10-18(17)20;;2-1-3;/h1-11H,21H2;1-10H;1H;(H,2,3);/q;;;;+1/p-1. The zero-order valence-electron chi connectivity index (χ0n) is 24.4. The Morgan fingerprint density at radius 3 is 1.48 bits per heavy atom. The summed E-state index contributed by atoms with van der Waals surface area (Å²) in [4.78, 5) is 8.00. The molecule has 2 N–H and O–H groups in total. The summed E-state index contributed by atoms with van der Waals surface area (Å²) < 4.78 is 1.78. The van der Waals surface area contributed by atoms with E-state index in [1.54, 1.807) is 6.07 Å². The summed E-state index contributed by atoms with van der Waals surface area (Å²) in [5.41, 5.74) is 11.2. The molecule has 46 heavy (non-hydrogen) atoms. The van der Waals surface area contributed by atoms with Crippen LogP contribution in [-0.4, -0.2) is 0 Å². The van der Waals surface area contributed by atoms with E-state index in [1.807, 2.05) is 36.4 Å². The predicted octanol–water partition coefficient (Wildman–Crippen LogP) is 10.3. The van der Waals surface area contributed by atoms with Crippen molar-refractivity contribution in [3.05, 3.63) is 156 Å². The third-order valence-corrected chi connectivity index (χ3v) is 9.57. The number of nitrogens with zero attached hydrogens (tertiary/aromatic N) is 1. The monoisotopic (exact) mass is 802 g/mol. The predicted molar refractivity (Wildman–Crippen MR) is 203 cm³/mol. The molecule has 4 nitrogen and oxygen atoms in total. The van der Waals surface area contributed by atoms with Gasteiger partial charge in [-0.05, 0) is 105 Å². The molecule has 0 amide bonds. The number of benzene rings is 7. The van der Waals surface area contributed by atoms with Crippen molar-refractivity contribution >= 4 is 105 Å². The summed E-state index contributed by atoms with van der Waals surface area (Å²) in [6.45, 7) is 0. The van der Waals surface area contributed by atoms with E-state index in [-0.39, 0.29) is 42.0 Å². The number of nitrogen functional groups attached to an aromatic ring is 1. The van der Waals surface area contributed by atoms with E-state index < -0.39 is 0 Å². The quantitative estimate of drug-likeness (QED) is 0.0622. The molecule has 0 radical (unpaired) electrons. The molecule has 7 aromatic rings. The number of hydrogen-bond acceptors (Lipinski definition) is 4. The molecular formula is C36H24Br2Cl3N2NaO2. The second kappa shape index (κ2) is 17.5. The van der Waals surface area contributed by atoms with Gasteiger partial charge in [0.25, 0.3) is 0 Å². The smallest absolute Gasteiger partial charge is 0.444 e. The average molecular weight is 806 g/mol. The number of halogens is 5. The van der Waals surface area contributed by atoms with Gasteiger partial charge in [0, 0.05) is 20.2 Å². The molecule has 0 unspecified atom stereocenters. The Morgan fingerprint density at radius 1 is 0.543 bits per heavy atom. The first-order valence-electron chi connectivity index (χ1n) is 13.4. The molecule has 0 saturated heterocycles. The van der Waals surface area contributed by atoms with Crippen LogP contribution in [0.4, 0.5) is 5.69 Å². The Kier molecular flexibility index (Phi) is 14.4. The molecule has 226 valence electrons. The van der Waals surface area contributed by atoms with E-state index in [1.165, 1.54) is 37.9 Å². The van der Waals surface area contributed by atoms with Gasteiger partial charge in [-0.15, -0.1) is 17.7 Å². The summed E-state index contributed by atoms with van der Waals surface area (Å²) in [5, 5.41) is 17.9. The van der Waals surface area contributed by atoms with Crippen LogP contribution in [0.1, 0.15) is 0 Å². The van der Waals surface area contributed by atoms with Crippen molar-refractivity contribution in [2.75, 3.05) is 5.73 Å². The van der Waals surface area contributed by atoms with Crippen LogP contribution in [0.5, 0.6) is 0 Å². The zero-order valence-corrected chi connectivity index (χ0v) is 31.9. The molecule has 7 rings (SSSR count). The minimum atomic E-state index is 0. The fourth-order valence-electron chi connectivity index (χ4n) is 5.28. The number of rotatable bonds is 2. The van der Waals surface area contributed by atoms with Gasteiger partial charge in [-0.25, -0.2) is 0 Å². The van der Waals surface area contributed by atoms with Crippen LogP contribution in [0.3, 0.4) is 0 Å². The van der Waals surface area contributed by atoms with Crippen LogP contribution < -0.4 is 35.3 Å². The maximum atomic E-state index is 8.00. The molecular weight excluding hydrogens is 782 g/mol. The van der Waals surface area contributed by atoms with E-state index in [0.29, 0.717) is 10.7 Å². The zero-order chi connectivity index (χ0) is 31.2. The number of anilines is 1. The Labute approximate surface area is 321 Å². The van der Waals surface area contributed by atoms with Gasteiger partial charge in [0.2, 0.25) is 0 Å². The van der Waals surface area contributed by atoms with E-state index >= 15 is 0 Å². The number of hydrogen-bond donors (Lipinski definition) is 1. The van der Waals surface area contributed by atoms with Crippen molar-refractivity contribution in [2.24, 2.45) is 5.34 Å². The Balaban J connectivity index is 0.000000222. The van der Waals surface area contributed by atoms with Crippen LogP contribution in [0.2, 0.25) is 10.0 Å². The molecule has 0 fully saturated rings. The van der Waals surface area contributed by atoms with E-state index in [9.17, 15) is 0 Å². The Bertz CT molecular complexity index is 2050. The third kappa shape index (κ3) is 8.25. The molecule has 0 saturated carbocycles. The van der Waals surface area contributed by atoms with Crippen LogP contribution in [0.25, 0.3) is 54.6 Å². The topological polar surface area (TPSA) is 78.5 Å². The minimum Gasteiger partial charge on any atom is -0.444 e. The first-order chi connectivity index (χ1) is 21.3. The minimum absolute atomic E-state index is 0. The van der Waals surface area contributed by atoms with Gasteiger partial charge in [-0.1, -0.05) is 126 Å². The van der Waals surface area contributed by atoms with Gasteiger partial charge in [0.15, 0.2) is 0 Å². The molecule has 0 aromatic heterocycles. The first-order valence-corrected chi connectivity index (χ1v) is 15.7. The van der Waals surface area contributed by atoms with Gasteiger partial charge >= 0.3 is 29.6 Å². The van der Waals surface area contributed by atoms with Crippen molar-refractivity contribution in [1.82, 2.24) is 0 Å². The maximum Gasteiger partial charge on any atom is 1.00 e. The third-order valence-electron chi connectivity index (χ3n) is 7.18. The molecule has 0 heterocycles. The van der Waals surface area contributed by atoms with Gasteiger partial charge in [0.1, 0.15) is 0 Å². The molecule has 7 aromatic carbocycles. The van der Waals surface area contributed by atoms with Gasteiger partial charge in [-0.2, -0.15) is 0 Å². The molecule has 0 atom stereocenters. The first kappa shape index (κ1) is 37.8. The summed E-state index contributed by atoms with van der Waals surface area (Å²) in [7, 11) is 0. The van der Waals surface area contributed by atoms with Crippen molar-refractivity contribution < 1.29 is 29.6 Å². The molecule has 0 aliphatic rings. The van der Waals surface area contributed by atoms with Gasteiger partial charge in [0.05, 0.1) is 10.0 Å². The van der Waals surface area contributed by atoms with Crippen molar-refractivity contribution in [1.29, 1.82) is 0 Å². The second-order valence-electron chi connectivity index (χ2n) is 9.74. The molecule has 0 aliphatic heterocycles. The van der Waals surface area contributed by atoms with Gasteiger partial charge in [-0.3, -0.25) is 0 Å². The average Bonchev–Trinajstić information content (AvgIpc) is 3.05. The van der Waals surface area contributed by atoms with E-state index in [0.717, 1.165) is 36.0 Å². The Hall–Kier alpha value is -2.65. The molecule has 0 bridgehead atoms. The van der Waals surface area contributed by atoms with Crippen LogP contribution in [-0.2, 0) is 0 Å². The molecule has 0 aliphatic carbocycles. The SMILES string of the molecule is Cl.Clc1cc2c3ccccc3c3ccccc3c2cc1Br.Nc1cc(Cl)c(Br)cc1-c1ccccc1-c1ccccc1.O=N[O-].[Na+]. The normalized spacial score (nSPS) is 10.1.